The maximum absolute atomic E-state index is 12.5. The number of ether oxygens (including phenoxy) is 1. The molecule has 1 N–H and O–H groups in total. The molecule has 2 aromatic heterocycles. The molecule has 1 aromatic carbocycles. The standard InChI is InChI=1S/C21H21BrN4O5/c22-16-9-14(11-23-12-16)13-30-21(29)26-7-5-25(6-8-26)4-3-18(27)15-1-2-17-19(10-15)31-20(28)24-17/h1-2,9-12H,3-8,13H2,(H,24,28). The van der Waals surface area contributed by atoms with Crippen LogP contribution in [0.3, 0.4) is 0 Å². The quantitative estimate of drug-likeness (QED) is 0.531. The Morgan fingerprint density at radius 1 is 1.16 bits per heavy atom. The number of hydrogen-bond acceptors (Lipinski definition) is 7. The molecule has 0 aliphatic carbocycles. The fourth-order valence-electron chi connectivity index (χ4n) is 3.45. The van der Waals surface area contributed by atoms with E-state index in [1.165, 1.54) is 0 Å². The number of aromatic amines is 1. The van der Waals surface area contributed by atoms with E-state index in [2.05, 4.69) is 30.8 Å². The number of nitrogens with one attached hydrogen (secondary N) is 1. The SMILES string of the molecule is O=C(CCN1CCN(C(=O)OCc2cncc(Br)c2)CC1)c1ccc2[nH]c(=O)oc2c1. The first-order valence-corrected chi connectivity index (χ1v) is 10.7. The maximum Gasteiger partial charge on any atom is 0.417 e. The number of amides is 1. The topological polar surface area (TPSA) is 109 Å². The van der Waals surface area contributed by atoms with Crippen LogP contribution in [0.15, 0.2) is 50.3 Å². The fourth-order valence-corrected chi connectivity index (χ4v) is 3.86. The molecule has 4 rings (SSSR count). The van der Waals surface area contributed by atoms with Gasteiger partial charge in [-0.05, 0) is 40.2 Å². The molecule has 3 aromatic rings. The highest BCUT2D eigenvalue weighted by Gasteiger charge is 2.22. The normalized spacial score (nSPS) is 14.7. The largest absolute Gasteiger partial charge is 0.444 e. The van der Waals surface area contributed by atoms with E-state index in [4.69, 9.17) is 9.15 Å². The highest BCUT2D eigenvalue weighted by Crippen LogP contribution is 2.15. The highest BCUT2D eigenvalue weighted by molar-refractivity contribution is 9.10. The van der Waals surface area contributed by atoms with E-state index in [9.17, 15) is 14.4 Å². The summed E-state index contributed by atoms with van der Waals surface area (Å²) >= 11 is 3.34. The van der Waals surface area contributed by atoms with Crippen molar-refractivity contribution in [2.24, 2.45) is 0 Å². The summed E-state index contributed by atoms with van der Waals surface area (Å²) in [5.74, 6) is -0.556. The molecule has 0 bridgehead atoms. The van der Waals surface area contributed by atoms with Crippen molar-refractivity contribution in [3.63, 3.8) is 0 Å². The summed E-state index contributed by atoms with van der Waals surface area (Å²) < 4.78 is 11.2. The molecule has 1 fully saturated rings. The van der Waals surface area contributed by atoms with Gasteiger partial charge in [-0.1, -0.05) is 0 Å². The van der Waals surface area contributed by atoms with Gasteiger partial charge in [0.1, 0.15) is 6.61 Å². The number of rotatable bonds is 6. The summed E-state index contributed by atoms with van der Waals surface area (Å²) in [5, 5.41) is 0. The van der Waals surface area contributed by atoms with E-state index in [0.29, 0.717) is 55.8 Å². The predicted octanol–water partition coefficient (Wildman–Crippen LogP) is 2.81. The number of benzene rings is 1. The van der Waals surface area contributed by atoms with Crippen LogP contribution >= 0.6 is 15.9 Å². The minimum absolute atomic E-state index is 0.0183. The third-order valence-electron chi connectivity index (χ3n) is 5.15. The van der Waals surface area contributed by atoms with Gasteiger partial charge in [-0.2, -0.15) is 0 Å². The summed E-state index contributed by atoms with van der Waals surface area (Å²) in [5.41, 5.74) is 2.28. The number of oxazole rings is 1. The van der Waals surface area contributed by atoms with Crippen LogP contribution in [0, 0.1) is 0 Å². The average Bonchev–Trinajstić information content (AvgIpc) is 3.15. The van der Waals surface area contributed by atoms with E-state index in [0.717, 1.165) is 10.0 Å². The van der Waals surface area contributed by atoms with Crippen molar-refractivity contribution in [3.05, 3.63) is 62.8 Å². The number of pyridine rings is 1. The van der Waals surface area contributed by atoms with E-state index in [1.807, 2.05) is 6.07 Å². The van der Waals surface area contributed by atoms with Crippen LogP contribution in [0.25, 0.3) is 11.1 Å². The molecule has 9 nitrogen and oxygen atoms in total. The second-order valence-electron chi connectivity index (χ2n) is 7.29. The van der Waals surface area contributed by atoms with Gasteiger partial charge in [0.25, 0.3) is 0 Å². The third kappa shape index (κ3) is 5.39. The van der Waals surface area contributed by atoms with Gasteiger partial charge in [0.05, 0.1) is 5.52 Å². The van der Waals surface area contributed by atoms with Gasteiger partial charge < -0.3 is 14.1 Å². The van der Waals surface area contributed by atoms with Crippen LogP contribution in [0.4, 0.5) is 4.79 Å². The number of carbonyl (C=O) groups excluding carboxylic acids is 2. The molecule has 162 valence electrons. The Bertz CT molecular complexity index is 1150. The van der Waals surface area contributed by atoms with Gasteiger partial charge in [-0.15, -0.1) is 0 Å². The molecule has 1 aliphatic rings. The number of H-pyrrole nitrogens is 1. The number of hydrogen-bond donors (Lipinski definition) is 1. The van der Waals surface area contributed by atoms with Crippen molar-refractivity contribution < 1.29 is 18.7 Å². The Balaban J connectivity index is 1.21. The minimum Gasteiger partial charge on any atom is -0.444 e. The van der Waals surface area contributed by atoms with Crippen LogP contribution in [-0.4, -0.2) is 64.4 Å². The Hall–Kier alpha value is -2.98. The van der Waals surface area contributed by atoms with Gasteiger partial charge in [0, 0.05) is 67.1 Å². The number of Topliss-reactive ketones (excluding diaryl/α,β-unsaturated/α-hetero) is 1. The molecule has 1 aliphatic heterocycles. The highest BCUT2D eigenvalue weighted by atomic mass is 79.9. The molecule has 0 spiro atoms. The molecule has 0 atom stereocenters. The summed E-state index contributed by atoms with van der Waals surface area (Å²) in [6.07, 6.45) is 3.33. The van der Waals surface area contributed by atoms with E-state index in [1.54, 1.807) is 35.5 Å². The van der Waals surface area contributed by atoms with Gasteiger partial charge >= 0.3 is 11.8 Å². The molecule has 0 saturated carbocycles. The summed E-state index contributed by atoms with van der Waals surface area (Å²) in [6.45, 7) is 3.21. The van der Waals surface area contributed by atoms with Gasteiger partial charge in [0.2, 0.25) is 0 Å². The number of aromatic nitrogens is 2. The lowest BCUT2D eigenvalue weighted by Gasteiger charge is -2.33. The Labute approximate surface area is 186 Å². The van der Waals surface area contributed by atoms with Crippen molar-refractivity contribution in [1.82, 2.24) is 19.8 Å². The first-order chi connectivity index (χ1) is 15.0. The molecule has 10 heteroatoms. The zero-order valence-electron chi connectivity index (χ0n) is 16.7. The lowest BCUT2D eigenvalue weighted by Crippen LogP contribution is -2.49. The second-order valence-corrected chi connectivity index (χ2v) is 8.21. The van der Waals surface area contributed by atoms with E-state index in [-0.39, 0.29) is 18.5 Å². The van der Waals surface area contributed by atoms with Crippen LogP contribution in [-0.2, 0) is 11.3 Å². The second kappa shape index (κ2) is 9.44. The smallest absolute Gasteiger partial charge is 0.417 e. The lowest BCUT2D eigenvalue weighted by atomic mass is 10.1. The monoisotopic (exact) mass is 488 g/mol. The van der Waals surface area contributed by atoms with Gasteiger partial charge in [-0.3, -0.25) is 19.7 Å². The number of fused-ring (bicyclic) bond motifs is 1. The molecular weight excluding hydrogens is 468 g/mol. The summed E-state index contributed by atoms with van der Waals surface area (Å²) in [4.78, 5) is 46.5. The molecule has 1 amide bonds. The van der Waals surface area contributed by atoms with Crippen molar-refractivity contribution in [3.8, 4) is 0 Å². The Morgan fingerprint density at radius 2 is 1.97 bits per heavy atom. The Kier molecular flexibility index (Phi) is 6.47. The minimum atomic E-state index is -0.538. The molecule has 0 radical (unpaired) electrons. The lowest BCUT2D eigenvalue weighted by molar-refractivity contribution is 0.0696. The number of ketones is 1. The van der Waals surface area contributed by atoms with Crippen molar-refractivity contribution in [2.75, 3.05) is 32.7 Å². The van der Waals surface area contributed by atoms with E-state index >= 15 is 0 Å². The van der Waals surface area contributed by atoms with Crippen LogP contribution in [0.5, 0.6) is 0 Å². The van der Waals surface area contributed by atoms with Crippen molar-refractivity contribution in [2.45, 2.75) is 13.0 Å². The molecule has 3 heterocycles. The first-order valence-electron chi connectivity index (χ1n) is 9.87. The number of halogens is 1. The van der Waals surface area contributed by atoms with Crippen LogP contribution in [0.2, 0.25) is 0 Å². The van der Waals surface area contributed by atoms with Crippen LogP contribution < -0.4 is 5.76 Å². The first kappa shape index (κ1) is 21.3. The molecular formula is C21H21BrN4O5. The van der Waals surface area contributed by atoms with Crippen molar-refractivity contribution >= 4 is 38.9 Å². The number of nitrogens with zero attached hydrogens (tertiary/aromatic N) is 3. The van der Waals surface area contributed by atoms with E-state index < -0.39 is 5.76 Å². The molecule has 1 saturated heterocycles. The predicted molar refractivity (Wildman–Crippen MR) is 116 cm³/mol. The fraction of sp³-hybridized carbons (Fsp3) is 0.333. The number of carbonyl (C=O) groups is 2. The number of piperazine rings is 1. The molecule has 31 heavy (non-hydrogen) atoms. The summed E-state index contributed by atoms with van der Waals surface area (Å²) in [7, 11) is 0. The van der Waals surface area contributed by atoms with Crippen molar-refractivity contribution in [1.29, 1.82) is 0 Å². The average molecular weight is 489 g/mol. The van der Waals surface area contributed by atoms with Gasteiger partial charge in [0.15, 0.2) is 11.4 Å². The van der Waals surface area contributed by atoms with Gasteiger partial charge in [-0.25, -0.2) is 9.59 Å². The Morgan fingerprint density at radius 3 is 2.74 bits per heavy atom. The zero-order chi connectivity index (χ0) is 21.8. The molecule has 0 unspecified atom stereocenters. The maximum atomic E-state index is 12.5. The van der Waals surface area contributed by atoms with Crippen LogP contribution in [0.1, 0.15) is 22.3 Å². The third-order valence-corrected chi connectivity index (χ3v) is 5.59. The summed E-state index contributed by atoms with van der Waals surface area (Å²) in [6, 6.07) is 6.80. The zero-order valence-corrected chi connectivity index (χ0v) is 18.3.